The van der Waals surface area contributed by atoms with Crippen molar-refractivity contribution < 1.29 is 4.79 Å². The Labute approximate surface area is 85.3 Å². The quantitative estimate of drug-likeness (QED) is 0.516. The Kier molecular flexibility index (Phi) is 4.34. The molecule has 0 unspecified atom stereocenters. The molecule has 0 atom stereocenters. The maximum absolute atomic E-state index is 10.4. The summed E-state index contributed by atoms with van der Waals surface area (Å²) in [6.07, 6.45) is 1.93. The smallest absolute Gasteiger partial charge is 0.332 e. The van der Waals surface area contributed by atoms with Gasteiger partial charge >= 0.3 is 6.03 Å². The molecule has 0 saturated carbocycles. The number of amides is 2. The molecule has 0 bridgehead atoms. The van der Waals surface area contributed by atoms with E-state index >= 15 is 0 Å². The van der Waals surface area contributed by atoms with Gasteiger partial charge in [0.15, 0.2) is 0 Å². The number of allylic oxidation sites excluding steroid dienone is 2. The number of hydrogen-bond acceptors (Lipinski definition) is 2. The van der Waals surface area contributed by atoms with Gasteiger partial charge in [0.05, 0.1) is 5.71 Å². The summed E-state index contributed by atoms with van der Waals surface area (Å²) in [6.45, 7) is 10.2. The number of primary amides is 1. The zero-order valence-electron chi connectivity index (χ0n) is 9.51. The Hall–Kier alpha value is -1.32. The molecule has 0 aromatic heterocycles. The van der Waals surface area contributed by atoms with Gasteiger partial charge in [-0.05, 0) is 25.3 Å². The van der Waals surface area contributed by atoms with Crippen LogP contribution < -0.4 is 11.2 Å². The topological polar surface area (TPSA) is 67.5 Å². The molecule has 0 heterocycles. The zero-order valence-corrected chi connectivity index (χ0v) is 9.51. The van der Waals surface area contributed by atoms with Crippen LogP contribution in [0.15, 0.2) is 16.8 Å². The third-order valence-corrected chi connectivity index (χ3v) is 1.95. The number of nitrogens with two attached hydrogens (primary N) is 1. The van der Waals surface area contributed by atoms with Crippen LogP contribution in [0.25, 0.3) is 0 Å². The third-order valence-electron chi connectivity index (χ3n) is 1.95. The summed E-state index contributed by atoms with van der Waals surface area (Å²) in [7, 11) is 0. The van der Waals surface area contributed by atoms with Gasteiger partial charge in [0, 0.05) is 0 Å². The summed E-state index contributed by atoms with van der Waals surface area (Å²) in [5.74, 6) is 0. The van der Waals surface area contributed by atoms with Gasteiger partial charge in [0.2, 0.25) is 0 Å². The van der Waals surface area contributed by atoms with Gasteiger partial charge in [0.25, 0.3) is 0 Å². The number of hydrazone groups is 1. The summed E-state index contributed by atoms with van der Waals surface area (Å²) in [4.78, 5) is 10.4. The van der Waals surface area contributed by atoms with Crippen molar-refractivity contribution in [2.75, 3.05) is 0 Å². The lowest BCUT2D eigenvalue weighted by Crippen LogP contribution is -2.25. The van der Waals surface area contributed by atoms with Crippen molar-refractivity contribution in [2.45, 2.75) is 34.6 Å². The number of carbonyl (C=O) groups excluding carboxylic acids is 1. The molecule has 0 saturated heterocycles. The second-order valence-corrected chi connectivity index (χ2v) is 4.31. The van der Waals surface area contributed by atoms with E-state index in [4.69, 9.17) is 5.73 Å². The lowest BCUT2D eigenvalue weighted by molar-refractivity contribution is 0.249. The number of carbonyl (C=O) groups is 1. The van der Waals surface area contributed by atoms with Gasteiger partial charge in [-0.25, -0.2) is 10.2 Å². The Morgan fingerprint density at radius 3 is 2.21 bits per heavy atom. The van der Waals surface area contributed by atoms with Crippen LogP contribution in [0.2, 0.25) is 0 Å². The lowest BCUT2D eigenvalue weighted by atomic mass is 9.87. The lowest BCUT2D eigenvalue weighted by Gasteiger charge is -2.19. The van der Waals surface area contributed by atoms with E-state index in [-0.39, 0.29) is 5.41 Å². The highest BCUT2D eigenvalue weighted by atomic mass is 16.2. The minimum Gasteiger partial charge on any atom is -0.350 e. The van der Waals surface area contributed by atoms with E-state index in [1.807, 2.05) is 19.9 Å². The van der Waals surface area contributed by atoms with Crippen molar-refractivity contribution in [3.63, 3.8) is 0 Å². The molecule has 0 aliphatic rings. The van der Waals surface area contributed by atoms with Gasteiger partial charge in [0.1, 0.15) is 0 Å². The monoisotopic (exact) mass is 197 g/mol. The fourth-order valence-electron chi connectivity index (χ4n) is 0.705. The van der Waals surface area contributed by atoms with Crippen LogP contribution in [0.1, 0.15) is 34.6 Å². The van der Waals surface area contributed by atoms with Gasteiger partial charge in [-0.1, -0.05) is 26.3 Å². The first-order valence-electron chi connectivity index (χ1n) is 4.52. The van der Waals surface area contributed by atoms with E-state index in [2.05, 4.69) is 31.3 Å². The van der Waals surface area contributed by atoms with Crippen molar-refractivity contribution >= 4 is 11.7 Å². The molecule has 2 amide bonds. The first-order chi connectivity index (χ1) is 6.23. The van der Waals surface area contributed by atoms with Crippen molar-refractivity contribution in [1.29, 1.82) is 0 Å². The predicted octanol–water partition coefficient (Wildman–Crippen LogP) is 2.02. The van der Waals surface area contributed by atoms with Crippen LogP contribution in [-0.4, -0.2) is 11.7 Å². The summed E-state index contributed by atoms with van der Waals surface area (Å²) in [5.41, 5.74) is 9.11. The SMILES string of the molecule is CC(/C=C(\C)C(C)(C)C)=N/NC(N)=O. The molecular formula is C10H19N3O. The fourth-order valence-corrected chi connectivity index (χ4v) is 0.705. The van der Waals surface area contributed by atoms with Gasteiger partial charge in [-0.15, -0.1) is 0 Å². The van der Waals surface area contributed by atoms with Crippen LogP contribution in [0, 0.1) is 5.41 Å². The number of nitrogens with one attached hydrogen (secondary N) is 1. The predicted molar refractivity (Wildman–Crippen MR) is 59.0 cm³/mol. The highest BCUT2D eigenvalue weighted by molar-refractivity contribution is 5.94. The fraction of sp³-hybridized carbons (Fsp3) is 0.600. The molecule has 3 N–H and O–H groups in total. The molecule has 80 valence electrons. The number of hydrogen-bond donors (Lipinski definition) is 2. The maximum Gasteiger partial charge on any atom is 0.332 e. The molecule has 0 aliphatic heterocycles. The minimum atomic E-state index is -0.647. The normalized spacial score (nSPS) is 14.1. The summed E-state index contributed by atoms with van der Waals surface area (Å²) in [6, 6.07) is -0.647. The molecule has 0 rings (SSSR count). The van der Waals surface area contributed by atoms with E-state index < -0.39 is 6.03 Å². The number of nitrogens with zero attached hydrogens (tertiary/aromatic N) is 1. The molecular weight excluding hydrogens is 178 g/mol. The van der Waals surface area contributed by atoms with E-state index in [1.54, 1.807) is 0 Å². The summed E-state index contributed by atoms with van der Waals surface area (Å²) < 4.78 is 0. The van der Waals surface area contributed by atoms with Crippen molar-refractivity contribution in [3.05, 3.63) is 11.6 Å². The molecule has 0 aromatic carbocycles. The van der Waals surface area contributed by atoms with E-state index in [9.17, 15) is 4.79 Å². The van der Waals surface area contributed by atoms with Crippen LogP contribution in [0.4, 0.5) is 4.79 Å². The van der Waals surface area contributed by atoms with E-state index in [0.717, 1.165) is 5.71 Å². The third kappa shape index (κ3) is 5.35. The van der Waals surface area contributed by atoms with Gasteiger partial charge in [-0.3, -0.25) is 0 Å². The average molecular weight is 197 g/mol. The van der Waals surface area contributed by atoms with Crippen molar-refractivity contribution in [1.82, 2.24) is 5.43 Å². The average Bonchev–Trinajstić information content (AvgIpc) is 1.99. The minimum absolute atomic E-state index is 0.115. The first-order valence-corrected chi connectivity index (χ1v) is 4.52. The Bertz CT molecular complexity index is 272. The first kappa shape index (κ1) is 12.7. The highest BCUT2D eigenvalue weighted by Crippen LogP contribution is 2.23. The van der Waals surface area contributed by atoms with Crippen LogP contribution in [-0.2, 0) is 0 Å². The van der Waals surface area contributed by atoms with Crippen LogP contribution in [0.5, 0.6) is 0 Å². The number of rotatable bonds is 2. The maximum atomic E-state index is 10.4. The van der Waals surface area contributed by atoms with Crippen LogP contribution >= 0.6 is 0 Å². The van der Waals surface area contributed by atoms with E-state index in [1.165, 1.54) is 5.57 Å². The van der Waals surface area contributed by atoms with Crippen molar-refractivity contribution in [3.8, 4) is 0 Å². The molecule has 0 fully saturated rings. The molecule has 4 heteroatoms. The molecule has 0 spiro atoms. The Morgan fingerprint density at radius 1 is 1.36 bits per heavy atom. The van der Waals surface area contributed by atoms with E-state index in [0.29, 0.717) is 0 Å². The highest BCUT2D eigenvalue weighted by Gasteiger charge is 2.12. The standard InChI is InChI=1S/C10H19N3O/c1-7(10(3,4)5)6-8(2)12-13-9(11)14/h6H,1-5H3,(H3,11,13,14)/b7-6+,12-8-. The molecule has 14 heavy (non-hydrogen) atoms. The largest absolute Gasteiger partial charge is 0.350 e. The summed E-state index contributed by atoms with van der Waals surface area (Å²) >= 11 is 0. The molecule has 0 radical (unpaired) electrons. The second kappa shape index (κ2) is 4.79. The van der Waals surface area contributed by atoms with Gasteiger partial charge in [-0.2, -0.15) is 5.10 Å². The Morgan fingerprint density at radius 2 is 1.86 bits per heavy atom. The molecule has 4 nitrogen and oxygen atoms in total. The molecule has 0 aromatic rings. The Balaban J connectivity index is 4.50. The number of urea groups is 1. The van der Waals surface area contributed by atoms with Gasteiger partial charge < -0.3 is 5.73 Å². The van der Waals surface area contributed by atoms with Crippen LogP contribution in [0.3, 0.4) is 0 Å². The zero-order chi connectivity index (χ0) is 11.4. The van der Waals surface area contributed by atoms with Crippen molar-refractivity contribution in [2.24, 2.45) is 16.3 Å². The summed E-state index contributed by atoms with van der Waals surface area (Å²) in [5, 5.41) is 3.79. The second-order valence-electron chi connectivity index (χ2n) is 4.31. The molecule has 0 aliphatic carbocycles.